The summed E-state index contributed by atoms with van der Waals surface area (Å²) in [5.41, 5.74) is -0.253. The molecular weight excluding hydrogens is 299 g/mol. The number of carbonyl (C=O) groups is 1. The van der Waals surface area contributed by atoms with Crippen LogP contribution in [0, 0.1) is 11.6 Å². The van der Waals surface area contributed by atoms with Gasteiger partial charge in [-0.15, -0.1) is 0 Å². The van der Waals surface area contributed by atoms with Gasteiger partial charge in [0.25, 0.3) is 0 Å². The Morgan fingerprint density at radius 2 is 2.05 bits per heavy atom. The molecule has 2 rings (SSSR count). The zero-order chi connectivity index (χ0) is 15.6. The predicted octanol–water partition coefficient (Wildman–Crippen LogP) is 1.81. The van der Waals surface area contributed by atoms with Gasteiger partial charge in [0.05, 0.1) is 12.2 Å². The van der Waals surface area contributed by atoms with Crippen molar-refractivity contribution in [2.75, 3.05) is 24.5 Å². The van der Waals surface area contributed by atoms with E-state index in [1.807, 2.05) is 0 Å². The second-order valence-corrected chi connectivity index (χ2v) is 4.33. The van der Waals surface area contributed by atoms with Gasteiger partial charge in [-0.25, -0.2) is 13.6 Å². The van der Waals surface area contributed by atoms with Crippen molar-refractivity contribution in [1.29, 1.82) is 0 Å². The summed E-state index contributed by atoms with van der Waals surface area (Å²) in [4.78, 5) is 12.0. The molecule has 1 fully saturated rings. The molecule has 0 aromatic heterocycles. The van der Waals surface area contributed by atoms with E-state index >= 15 is 0 Å². The Morgan fingerprint density at radius 1 is 1.33 bits per heavy atom. The van der Waals surface area contributed by atoms with Crippen LogP contribution in [0.2, 0.25) is 0 Å². The lowest BCUT2D eigenvalue weighted by molar-refractivity contribution is -0.205. The van der Waals surface area contributed by atoms with Crippen molar-refractivity contribution in [1.82, 2.24) is 5.32 Å². The number of esters is 1. The summed E-state index contributed by atoms with van der Waals surface area (Å²) >= 11 is 0. The summed E-state index contributed by atoms with van der Waals surface area (Å²) in [5, 5.41) is 2.72. The molecule has 1 aromatic rings. The van der Waals surface area contributed by atoms with Crippen molar-refractivity contribution in [2.24, 2.45) is 0 Å². The molecule has 1 aromatic carbocycles. The van der Waals surface area contributed by atoms with Gasteiger partial charge in [0.1, 0.15) is 0 Å². The van der Waals surface area contributed by atoms with Crippen molar-refractivity contribution in [3.8, 4) is 0 Å². The van der Waals surface area contributed by atoms with E-state index in [1.165, 1.54) is 12.1 Å². The molecule has 21 heavy (non-hydrogen) atoms. The topological polar surface area (TPSA) is 41.6 Å². The number of benzene rings is 1. The Morgan fingerprint density at radius 3 is 2.71 bits per heavy atom. The maximum atomic E-state index is 13.7. The summed E-state index contributed by atoms with van der Waals surface area (Å²) in [7, 11) is 0. The average Bonchev–Trinajstić information content (AvgIpc) is 2.42. The number of anilines is 1. The first-order valence-electron chi connectivity index (χ1n) is 6.00. The Kier molecular flexibility index (Phi) is 4.31. The maximum Gasteiger partial charge on any atom is 0.491 e. The number of halogens is 5. The predicted molar refractivity (Wildman–Crippen MR) is 62.5 cm³/mol. The molecule has 1 aliphatic rings. The smallest absolute Gasteiger partial charge is 0.433 e. The van der Waals surface area contributed by atoms with Crippen LogP contribution in [-0.2, 0) is 9.53 Å². The Bertz CT molecular complexity index is 535. The van der Waals surface area contributed by atoms with Crippen LogP contribution >= 0.6 is 0 Å². The van der Waals surface area contributed by atoms with Crippen LogP contribution in [0.1, 0.15) is 0 Å². The second kappa shape index (κ2) is 5.84. The fourth-order valence-corrected chi connectivity index (χ4v) is 1.96. The van der Waals surface area contributed by atoms with Crippen molar-refractivity contribution < 1.29 is 31.5 Å². The quantitative estimate of drug-likeness (QED) is 0.668. The molecule has 1 heterocycles. The molecule has 1 saturated heterocycles. The lowest BCUT2D eigenvalue weighted by atomic mass is 10.2. The number of ether oxygens (including phenoxy) is 1. The highest BCUT2D eigenvalue weighted by atomic mass is 19.4. The summed E-state index contributed by atoms with van der Waals surface area (Å²) in [6, 6.07) is 3.31. The fourth-order valence-electron chi connectivity index (χ4n) is 1.96. The SMILES string of the molecule is O=C(OC1CNCCN1c1cccc(F)c1F)C(F)(F)F. The van der Waals surface area contributed by atoms with E-state index < -0.39 is 30.0 Å². The highest BCUT2D eigenvalue weighted by Crippen LogP contribution is 2.26. The Labute approximate surface area is 116 Å². The van der Waals surface area contributed by atoms with Crippen LogP contribution in [0.5, 0.6) is 0 Å². The van der Waals surface area contributed by atoms with Crippen LogP contribution in [0.25, 0.3) is 0 Å². The van der Waals surface area contributed by atoms with E-state index in [0.717, 1.165) is 11.0 Å². The maximum absolute atomic E-state index is 13.7. The molecular formula is C12H11F5N2O2. The van der Waals surface area contributed by atoms with Gasteiger partial charge >= 0.3 is 12.1 Å². The first-order valence-corrected chi connectivity index (χ1v) is 6.00. The van der Waals surface area contributed by atoms with Gasteiger partial charge in [-0.3, -0.25) is 0 Å². The standard InChI is InChI=1S/C12H11F5N2O2/c13-7-2-1-3-8(10(7)14)19-5-4-18-6-9(19)21-11(20)12(15,16)17/h1-3,9,18H,4-6H2. The average molecular weight is 310 g/mol. The lowest BCUT2D eigenvalue weighted by Crippen LogP contribution is -2.54. The molecule has 0 spiro atoms. The minimum Gasteiger partial charge on any atom is -0.433 e. The van der Waals surface area contributed by atoms with Gasteiger partial charge < -0.3 is 15.0 Å². The Balaban J connectivity index is 2.23. The molecule has 1 aliphatic heterocycles. The van der Waals surface area contributed by atoms with Crippen LogP contribution in [-0.4, -0.2) is 38.0 Å². The lowest BCUT2D eigenvalue weighted by Gasteiger charge is -2.37. The van der Waals surface area contributed by atoms with E-state index in [1.54, 1.807) is 0 Å². The normalized spacial score (nSPS) is 19.5. The van der Waals surface area contributed by atoms with Gasteiger partial charge in [-0.05, 0) is 12.1 Å². The molecule has 1 unspecified atom stereocenters. The molecule has 0 radical (unpaired) electrons. The van der Waals surface area contributed by atoms with E-state index in [0.29, 0.717) is 6.54 Å². The van der Waals surface area contributed by atoms with Crippen molar-refractivity contribution in [2.45, 2.75) is 12.4 Å². The minimum absolute atomic E-state index is 0.0657. The number of piperazine rings is 1. The van der Waals surface area contributed by atoms with Crippen molar-refractivity contribution in [3.63, 3.8) is 0 Å². The fraction of sp³-hybridized carbons (Fsp3) is 0.417. The summed E-state index contributed by atoms with van der Waals surface area (Å²) in [6.45, 7) is 0.268. The summed E-state index contributed by atoms with van der Waals surface area (Å²) in [5.74, 6) is -4.71. The molecule has 116 valence electrons. The molecule has 0 aliphatic carbocycles. The van der Waals surface area contributed by atoms with Crippen LogP contribution < -0.4 is 10.2 Å². The van der Waals surface area contributed by atoms with E-state index in [-0.39, 0.29) is 18.8 Å². The van der Waals surface area contributed by atoms with Crippen molar-refractivity contribution >= 4 is 11.7 Å². The number of carbonyl (C=O) groups excluding carboxylic acids is 1. The first kappa shape index (κ1) is 15.5. The first-order chi connectivity index (χ1) is 9.80. The number of nitrogens with one attached hydrogen (secondary N) is 1. The van der Waals surface area contributed by atoms with Crippen molar-refractivity contribution in [3.05, 3.63) is 29.8 Å². The molecule has 1 atom stereocenters. The van der Waals surface area contributed by atoms with Gasteiger partial charge in [0, 0.05) is 13.1 Å². The number of alkyl halides is 3. The zero-order valence-electron chi connectivity index (χ0n) is 10.6. The third kappa shape index (κ3) is 3.41. The molecule has 9 heteroatoms. The molecule has 0 amide bonds. The van der Waals surface area contributed by atoms with Crippen LogP contribution in [0.4, 0.5) is 27.6 Å². The van der Waals surface area contributed by atoms with Gasteiger partial charge in [0.15, 0.2) is 17.9 Å². The van der Waals surface area contributed by atoms with Crippen LogP contribution in [0.15, 0.2) is 18.2 Å². The number of rotatable bonds is 2. The van der Waals surface area contributed by atoms with E-state index in [9.17, 15) is 26.7 Å². The number of hydrogen-bond acceptors (Lipinski definition) is 4. The third-order valence-corrected chi connectivity index (χ3v) is 2.91. The van der Waals surface area contributed by atoms with Gasteiger partial charge in [-0.1, -0.05) is 6.07 Å². The Hall–Kier alpha value is -1.90. The van der Waals surface area contributed by atoms with E-state index in [2.05, 4.69) is 10.1 Å². The second-order valence-electron chi connectivity index (χ2n) is 4.33. The highest BCUT2D eigenvalue weighted by Gasteiger charge is 2.43. The van der Waals surface area contributed by atoms with E-state index in [4.69, 9.17) is 0 Å². The number of hydrogen-bond donors (Lipinski definition) is 1. The molecule has 1 N–H and O–H groups in total. The third-order valence-electron chi connectivity index (χ3n) is 2.91. The number of nitrogens with zero attached hydrogens (tertiary/aromatic N) is 1. The zero-order valence-corrected chi connectivity index (χ0v) is 10.6. The molecule has 0 saturated carbocycles. The summed E-state index contributed by atoms with van der Waals surface area (Å²) in [6.07, 6.45) is -6.52. The van der Waals surface area contributed by atoms with Gasteiger partial charge in [0.2, 0.25) is 0 Å². The largest absolute Gasteiger partial charge is 0.491 e. The molecule has 0 bridgehead atoms. The van der Waals surface area contributed by atoms with Gasteiger partial charge in [-0.2, -0.15) is 13.2 Å². The summed E-state index contributed by atoms with van der Waals surface area (Å²) < 4.78 is 68.0. The minimum atomic E-state index is -5.15. The van der Waals surface area contributed by atoms with Crippen LogP contribution in [0.3, 0.4) is 0 Å². The monoisotopic (exact) mass is 310 g/mol. The molecule has 4 nitrogen and oxygen atoms in total. The highest BCUT2D eigenvalue weighted by molar-refractivity contribution is 5.76.